The van der Waals surface area contributed by atoms with Crippen LogP contribution in [0.15, 0.2) is 18.2 Å². The fourth-order valence-electron chi connectivity index (χ4n) is 2.87. The summed E-state index contributed by atoms with van der Waals surface area (Å²) in [5.74, 6) is 2.64. The molecular formula is C16H20O4S. The quantitative estimate of drug-likeness (QED) is 0.906. The number of rotatable bonds is 5. The number of carbonyl (C=O) groups is 1. The first-order chi connectivity index (χ1) is 10.2. The zero-order valence-electron chi connectivity index (χ0n) is 12.1. The Morgan fingerprint density at radius 3 is 2.81 bits per heavy atom. The standard InChI is InChI=1S/C16H20O4S/c1-19-13-6-2-5-12(16(7-8-16)15(17)18)14(13)20-11-4-3-9-21-10-11/h2,5-6,11H,3-4,7-10H2,1H3,(H,17,18). The van der Waals surface area contributed by atoms with Crippen molar-refractivity contribution in [1.82, 2.24) is 0 Å². The molecular weight excluding hydrogens is 288 g/mol. The Hall–Kier alpha value is -1.36. The van der Waals surface area contributed by atoms with Gasteiger partial charge in [-0.3, -0.25) is 4.79 Å². The molecule has 114 valence electrons. The molecule has 21 heavy (non-hydrogen) atoms. The number of hydrogen-bond acceptors (Lipinski definition) is 4. The highest BCUT2D eigenvalue weighted by atomic mass is 32.2. The van der Waals surface area contributed by atoms with Crippen LogP contribution in [0.2, 0.25) is 0 Å². The van der Waals surface area contributed by atoms with Gasteiger partial charge in [-0.2, -0.15) is 11.8 Å². The Labute approximate surface area is 128 Å². The maximum Gasteiger partial charge on any atom is 0.314 e. The Bertz CT molecular complexity index is 533. The van der Waals surface area contributed by atoms with Gasteiger partial charge in [0, 0.05) is 11.3 Å². The predicted octanol–water partition coefficient (Wildman–Crippen LogP) is 3.09. The maximum atomic E-state index is 11.6. The van der Waals surface area contributed by atoms with Crippen molar-refractivity contribution < 1.29 is 19.4 Å². The highest BCUT2D eigenvalue weighted by molar-refractivity contribution is 7.99. The first-order valence-corrected chi connectivity index (χ1v) is 8.48. The molecule has 1 N–H and O–H groups in total. The fourth-order valence-corrected chi connectivity index (χ4v) is 3.90. The topological polar surface area (TPSA) is 55.8 Å². The molecule has 3 rings (SSSR count). The van der Waals surface area contributed by atoms with Crippen molar-refractivity contribution in [2.24, 2.45) is 0 Å². The second kappa shape index (κ2) is 5.79. The highest BCUT2D eigenvalue weighted by Crippen LogP contribution is 2.53. The molecule has 1 saturated heterocycles. The van der Waals surface area contributed by atoms with Crippen molar-refractivity contribution in [3.8, 4) is 11.5 Å². The van der Waals surface area contributed by atoms with E-state index in [0.717, 1.165) is 24.2 Å². The maximum absolute atomic E-state index is 11.6. The van der Waals surface area contributed by atoms with Crippen molar-refractivity contribution in [3.63, 3.8) is 0 Å². The minimum absolute atomic E-state index is 0.142. The summed E-state index contributed by atoms with van der Waals surface area (Å²) in [6, 6.07) is 5.56. The molecule has 0 spiro atoms. The molecule has 1 aliphatic carbocycles. The third-order valence-electron chi connectivity index (χ3n) is 4.28. The molecule has 1 atom stereocenters. The van der Waals surface area contributed by atoms with Gasteiger partial charge >= 0.3 is 5.97 Å². The minimum Gasteiger partial charge on any atom is -0.493 e. The molecule has 4 nitrogen and oxygen atoms in total. The van der Waals surface area contributed by atoms with Crippen molar-refractivity contribution >= 4 is 17.7 Å². The third kappa shape index (κ3) is 2.71. The number of methoxy groups -OCH3 is 1. The SMILES string of the molecule is COc1cccc(C2(C(=O)O)CC2)c1OC1CCCSC1. The second-order valence-electron chi connectivity index (χ2n) is 5.68. The number of benzene rings is 1. The van der Waals surface area contributed by atoms with Crippen LogP contribution in [0.25, 0.3) is 0 Å². The van der Waals surface area contributed by atoms with Gasteiger partial charge in [-0.25, -0.2) is 0 Å². The average molecular weight is 308 g/mol. The Kier molecular flexibility index (Phi) is 4.02. The summed E-state index contributed by atoms with van der Waals surface area (Å²) in [7, 11) is 1.60. The van der Waals surface area contributed by atoms with E-state index < -0.39 is 11.4 Å². The van der Waals surface area contributed by atoms with Crippen LogP contribution < -0.4 is 9.47 Å². The number of para-hydroxylation sites is 1. The van der Waals surface area contributed by atoms with Gasteiger partial charge in [0.25, 0.3) is 0 Å². The summed E-state index contributed by atoms with van der Waals surface area (Å²) < 4.78 is 11.6. The van der Waals surface area contributed by atoms with Gasteiger partial charge in [-0.15, -0.1) is 0 Å². The van der Waals surface area contributed by atoms with Gasteiger partial charge in [0.1, 0.15) is 6.10 Å². The molecule has 0 aromatic heterocycles. The lowest BCUT2D eigenvalue weighted by molar-refractivity contribution is -0.140. The Balaban J connectivity index is 1.94. The van der Waals surface area contributed by atoms with Gasteiger partial charge in [0.15, 0.2) is 11.5 Å². The average Bonchev–Trinajstić information content (AvgIpc) is 3.30. The minimum atomic E-state index is -0.772. The van der Waals surface area contributed by atoms with Gasteiger partial charge in [0.05, 0.1) is 12.5 Å². The number of ether oxygens (including phenoxy) is 2. The molecule has 0 bridgehead atoms. The fraction of sp³-hybridized carbons (Fsp3) is 0.562. The van der Waals surface area contributed by atoms with Crippen molar-refractivity contribution in [2.75, 3.05) is 18.6 Å². The van der Waals surface area contributed by atoms with E-state index in [1.54, 1.807) is 7.11 Å². The van der Waals surface area contributed by atoms with Gasteiger partial charge in [0.2, 0.25) is 0 Å². The lowest BCUT2D eigenvalue weighted by Gasteiger charge is -2.26. The van der Waals surface area contributed by atoms with Crippen LogP contribution in [-0.4, -0.2) is 35.8 Å². The molecule has 2 fully saturated rings. The summed E-state index contributed by atoms with van der Waals surface area (Å²) in [5, 5.41) is 9.55. The highest BCUT2D eigenvalue weighted by Gasteiger charge is 2.54. The van der Waals surface area contributed by atoms with Gasteiger partial charge < -0.3 is 14.6 Å². The molecule has 1 aliphatic heterocycles. The Morgan fingerprint density at radius 2 is 2.24 bits per heavy atom. The van der Waals surface area contributed by atoms with E-state index in [1.807, 2.05) is 30.0 Å². The zero-order valence-corrected chi connectivity index (χ0v) is 12.9. The van der Waals surface area contributed by atoms with E-state index in [9.17, 15) is 9.90 Å². The largest absolute Gasteiger partial charge is 0.493 e. The van der Waals surface area contributed by atoms with Crippen LogP contribution in [0.5, 0.6) is 11.5 Å². The van der Waals surface area contributed by atoms with Gasteiger partial charge in [-0.1, -0.05) is 12.1 Å². The zero-order chi connectivity index (χ0) is 14.9. The molecule has 0 amide bonds. The second-order valence-corrected chi connectivity index (χ2v) is 6.83. The molecule has 1 unspecified atom stereocenters. The van der Waals surface area contributed by atoms with E-state index in [2.05, 4.69) is 0 Å². The third-order valence-corrected chi connectivity index (χ3v) is 5.46. The van der Waals surface area contributed by atoms with Crippen molar-refractivity contribution in [3.05, 3.63) is 23.8 Å². The summed E-state index contributed by atoms with van der Waals surface area (Å²) in [4.78, 5) is 11.6. The normalized spacial score (nSPS) is 23.4. The number of carboxylic acids is 1. The summed E-state index contributed by atoms with van der Waals surface area (Å²) in [6.45, 7) is 0. The lowest BCUT2D eigenvalue weighted by atomic mass is 9.94. The van der Waals surface area contributed by atoms with Gasteiger partial charge in [-0.05, 0) is 37.5 Å². The number of carboxylic acid groups (broad SMARTS) is 1. The van der Waals surface area contributed by atoms with Crippen molar-refractivity contribution in [1.29, 1.82) is 0 Å². The summed E-state index contributed by atoms with van der Waals surface area (Å²) in [6.07, 6.45) is 3.65. The summed E-state index contributed by atoms with van der Waals surface area (Å²) in [5.41, 5.74) is -0.00369. The number of hydrogen-bond donors (Lipinski definition) is 1. The molecule has 0 radical (unpaired) electrons. The Morgan fingerprint density at radius 1 is 1.43 bits per heavy atom. The number of thioether (sulfide) groups is 1. The van der Waals surface area contributed by atoms with E-state index in [1.165, 1.54) is 5.75 Å². The first-order valence-electron chi connectivity index (χ1n) is 7.32. The predicted molar refractivity (Wildman–Crippen MR) is 82.5 cm³/mol. The van der Waals surface area contributed by atoms with E-state index >= 15 is 0 Å². The molecule has 1 aromatic rings. The molecule has 1 heterocycles. The van der Waals surface area contributed by atoms with E-state index in [0.29, 0.717) is 24.3 Å². The van der Waals surface area contributed by atoms with Crippen LogP contribution in [-0.2, 0) is 10.2 Å². The van der Waals surface area contributed by atoms with Crippen LogP contribution in [0, 0.1) is 0 Å². The van der Waals surface area contributed by atoms with Crippen LogP contribution in [0.4, 0.5) is 0 Å². The molecule has 2 aliphatic rings. The smallest absolute Gasteiger partial charge is 0.314 e. The molecule has 5 heteroatoms. The lowest BCUT2D eigenvalue weighted by Crippen LogP contribution is -2.26. The van der Waals surface area contributed by atoms with Crippen LogP contribution >= 0.6 is 11.8 Å². The first kappa shape index (κ1) is 14.6. The molecule has 1 aromatic carbocycles. The van der Waals surface area contributed by atoms with Crippen LogP contribution in [0.3, 0.4) is 0 Å². The summed E-state index contributed by atoms with van der Waals surface area (Å²) >= 11 is 1.89. The van der Waals surface area contributed by atoms with Crippen LogP contribution in [0.1, 0.15) is 31.2 Å². The van der Waals surface area contributed by atoms with Crippen molar-refractivity contribution in [2.45, 2.75) is 37.2 Å². The monoisotopic (exact) mass is 308 g/mol. The van der Waals surface area contributed by atoms with E-state index in [-0.39, 0.29) is 6.10 Å². The number of aliphatic carboxylic acids is 1. The van der Waals surface area contributed by atoms with E-state index in [4.69, 9.17) is 9.47 Å². The molecule has 1 saturated carbocycles.